The van der Waals surface area contributed by atoms with E-state index in [-0.39, 0.29) is 23.5 Å². The molecule has 32 heavy (non-hydrogen) atoms. The largest absolute Gasteiger partial charge is 0.352 e. The third kappa shape index (κ3) is 6.18. The predicted octanol–water partition coefficient (Wildman–Crippen LogP) is 3.89. The first-order valence-electron chi connectivity index (χ1n) is 12.3. The Hall–Kier alpha value is -2.21. The maximum atomic E-state index is 13.3. The summed E-state index contributed by atoms with van der Waals surface area (Å²) in [5, 5.41) is 3.21. The van der Waals surface area contributed by atoms with Crippen LogP contribution in [0.15, 0.2) is 36.4 Å². The summed E-state index contributed by atoms with van der Waals surface area (Å²) in [6, 6.07) is 6.76. The Morgan fingerprint density at radius 3 is 2.44 bits per heavy atom. The van der Waals surface area contributed by atoms with Gasteiger partial charge in [-0.25, -0.2) is 4.39 Å². The van der Waals surface area contributed by atoms with E-state index in [1.807, 2.05) is 4.90 Å². The second-order valence-corrected chi connectivity index (χ2v) is 9.67. The number of amides is 2. The number of hydrogen-bond acceptors (Lipinski definition) is 3. The van der Waals surface area contributed by atoms with Crippen molar-refractivity contribution in [1.29, 1.82) is 0 Å². The van der Waals surface area contributed by atoms with Gasteiger partial charge in [-0.1, -0.05) is 43.5 Å². The molecule has 1 atom stereocenters. The minimum Gasteiger partial charge on any atom is -0.352 e. The van der Waals surface area contributed by atoms with Crippen LogP contribution in [0.5, 0.6) is 0 Å². The first-order chi connectivity index (χ1) is 15.6. The standard InChI is InChI=1S/C26H36FN3O2/c27-22-11-9-20(10-12-22)18-30-15-5-4-8-24(26(30)32)21-13-16-29(17-14-21)19-25(31)28-23-6-2-1-3-7-23/h4-5,9-12,21,23-24H,1-3,6-8,13-19H2,(H,28,31). The second-order valence-electron chi connectivity index (χ2n) is 9.67. The van der Waals surface area contributed by atoms with Gasteiger partial charge in [-0.15, -0.1) is 0 Å². The molecule has 174 valence electrons. The van der Waals surface area contributed by atoms with Gasteiger partial charge in [0.1, 0.15) is 5.82 Å². The number of benzene rings is 1. The summed E-state index contributed by atoms with van der Waals surface area (Å²) in [6.45, 7) is 3.33. The van der Waals surface area contributed by atoms with Crippen molar-refractivity contribution < 1.29 is 14.0 Å². The van der Waals surface area contributed by atoms with Gasteiger partial charge in [0.15, 0.2) is 0 Å². The van der Waals surface area contributed by atoms with Crippen molar-refractivity contribution >= 4 is 11.8 Å². The van der Waals surface area contributed by atoms with Crippen molar-refractivity contribution in [3.05, 3.63) is 47.8 Å². The van der Waals surface area contributed by atoms with Crippen molar-refractivity contribution in [2.75, 3.05) is 26.2 Å². The zero-order valence-electron chi connectivity index (χ0n) is 19.0. The number of halogens is 1. The summed E-state index contributed by atoms with van der Waals surface area (Å²) in [5.74, 6) is 0.432. The Morgan fingerprint density at radius 1 is 1.00 bits per heavy atom. The van der Waals surface area contributed by atoms with Crippen LogP contribution < -0.4 is 5.32 Å². The number of nitrogens with one attached hydrogen (secondary N) is 1. The average Bonchev–Trinajstić information content (AvgIpc) is 2.98. The van der Waals surface area contributed by atoms with Crippen molar-refractivity contribution in [3.63, 3.8) is 0 Å². The average molecular weight is 442 g/mol. The molecule has 1 N–H and O–H groups in total. The number of allylic oxidation sites excluding steroid dienone is 1. The lowest BCUT2D eigenvalue weighted by atomic mass is 9.81. The number of piperidine rings is 1. The van der Waals surface area contributed by atoms with Crippen molar-refractivity contribution in [2.24, 2.45) is 11.8 Å². The zero-order valence-corrected chi connectivity index (χ0v) is 19.0. The van der Waals surface area contributed by atoms with Crippen LogP contribution in [-0.4, -0.2) is 53.8 Å². The SMILES string of the molecule is O=C(CN1CCC(C2CC=CCN(Cc3ccc(F)cc3)C2=O)CC1)NC1CCCCC1. The van der Waals surface area contributed by atoms with Crippen LogP contribution >= 0.6 is 0 Å². The molecule has 3 aliphatic rings. The molecule has 1 unspecified atom stereocenters. The van der Waals surface area contributed by atoms with Crippen LogP contribution in [0.3, 0.4) is 0 Å². The quantitative estimate of drug-likeness (QED) is 0.682. The molecule has 1 saturated carbocycles. The minimum absolute atomic E-state index is 0.00702. The number of hydrogen-bond donors (Lipinski definition) is 1. The maximum absolute atomic E-state index is 13.3. The molecular weight excluding hydrogens is 405 g/mol. The van der Waals surface area contributed by atoms with Gasteiger partial charge in [-0.05, 0) is 68.8 Å². The highest BCUT2D eigenvalue weighted by Crippen LogP contribution is 2.31. The topological polar surface area (TPSA) is 52.7 Å². The monoisotopic (exact) mass is 441 g/mol. The molecule has 0 radical (unpaired) electrons. The number of rotatable bonds is 6. The Balaban J connectivity index is 1.27. The molecule has 0 aromatic heterocycles. The molecule has 5 nitrogen and oxygen atoms in total. The third-order valence-corrected chi connectivity index (χ3v) is 7.34. The highest BCUT2D eigenvalue weighted by atomic mass is 19.1. The molecule has 6 heteroatoms. The summed E-state index contributed by atoms with van der Waals surface area (Å²) in [5.41, 5.74) is 0.951. The number of likely N-dealkylation sites (tertiary alicyclic amines) is 1. The smallest absolute Gasteiger partial charge is 0.234 e. The molecule has 1 saturated heterocycles. The Bertz CT molecular complexity index is 796. The molecule has 2 aliphatic heterocycles. The van der Waals surface area contributed by atoms with E-state index in [9.17, 15) is 14.0 Å². The summed E-state index contributed by atoms with van der Waals surface area (Å²) in [6.07, 6.45) is 12.8. The number of carbonyl (C=O) groups excluding carboxylic acids is 2. The fraction of sp³-hybridized carbons (Fsp3) is 0.615. The molecule has 2 heterocycles. The normalized spacial score (nSPS) is 23.8. The summed E-state index contributed by atoms with van der Waals surface area (Å²) in [4.78, 5) is 29.9. The van der Waals surface area contributed by atoms with Crippen LogP contribution in [0, 0.1) is 17.7 Å². The molecule has 2 fully saturated rings. The Kier molecular flexibility index (Phi) is 7.95. The molecule has 1 aliphatic carbocycles. The van der Waals surface area contributed by atoms with Gasteiger partial charge in [-0.2, -0.15) is 0 Å². The maximum Gasteiger partial charge on any atom is 0.234 e. The van der Waals surface area contributed by atoms with Gasteiger partial charge >= 0.3 is 0 Å². The van der Waals surface area contributed by atoms with Crippen LogP contribution in [0.25, 0.3) is 0 Å². The molecule has 0 bridgehead atoms. The van der Waals surface area contributed by atoms with E-state index < -0.39 is 0 Å². The molecule has 2 amide bonds. The van der Waals surface area contributed by atoms with Crippen molar-refractivity contribution in [1.82, 2.24) is 15.1 Å². The van der Waals surface area contributed by atoms with E-state index in [0.717, 1.165) is 50.8 Å². The van der Waals surface area contributed by atoms with E-state index in [4.69, 9.17) is 0 Å². The van der Waals surface area contributed by atoms with E-state index in [1.165, 1.54) is 31.4 Å². The molecular formula is C26H36FN3O2. The van der Waals surface area contributed by atoms with Crippen molar-refractivity contribution in [2.45, 2.75) is 64.0 Å². The van der Waals surface area contributed by atoms with Crippen LogP contribution in [-0.2, 0) is 16.1 Å². The third-order valence-electron chi connectivity index (χ3n) is 7.34. The van der Waals surface area contributed by atoms with E-state index >= 15 is 0 Å². The van der Waals surface area contributed by atoms with Gasteiger partial charge in [0.05, 0.1) is 6.54 Å². The highest BCUT2D eigenvalue weighted by molar-refractivity contribution is 5.80. The van der Waals surface area contributed by atoms with Crippen LogP contribution in [0.2, 0.25) is 0 Å². The van der Waals surface area contributed by atoms with Crippen molar-refractivity contribution in [3.8, 4) is 0 Å². The van der Waals surface area contributed by atoms with Gasteiger partial charge in [-0.3, -0.25) is 14.5 Å². The van der Waals surface area contributed by atoms with Gasteiger partial charge in [0, 0.05) is 25.0 Å². The molecule has 1 aromatic carbocycles. The summed E-state index contributed by atoms with van der Waals surface area (Å²) in [7, 11) is 0. The van der Waals surface area contributed by atoms with Gasteiger partial charge < -0.3 is 10.2 Å². The Morgan fingerprint density at radius 2 is 1.72 bits per heavy atom. The first-order valence-corrected chi connectivity index (χ1v) is 12.3. The second kappa shape index (κ2) is 11.1. The molecule has 0 spiro atoms. The van der Waals surface area contributed by atoms with E-state index in [1.54, 1.807) is 12.1 Å². The van der Waals surface area contributed by atoms with E-state index in [0.29, 0.717) is 31.6 Å². The lowest BCUT2D eigenvalue weighted by molar-refractivity contribution is -0.138. The first kappa shape index (κ1) is 23.0. The molecule has 1 aromatic rings. The zero-order chi connectivity index (χ0) is 22.3. The van der Waals surface area contributed by atoms with Gasteiger partial charge in [0.2, 0.25) is 11.8 Å². The summed E-state index contributed by atoms with van der Waals surface area (Å²) < 4.78 is 13.2. The number of carbonyl (C=O) groups is 2. The highest BCUT2D eigenvalue weighted by Gasteiger charge is 2.34. The van der Waals surface area contributed by atoms with Gasteiger partial charge in [0.25, 0.3) is 0 Å². The number of nitrogens with zero attached hydrogens (tertiary/aromatic N) is 2. The lowest BCUT2D eigenvalue weighted by Crippen LogP contribution is -2.46. The van der Waals surface area contributed by atoms with Crippen LogP contribution in [0.1, 0.15) is 56.9 Å². The van der Waals surface area contributed by atoms with Crippen LogP contribution in [0.4, 0.5) is 4.39 Å². The lowest BCUT2D eigenvalue weighted by Gasteiger charge is -2.36. The summed E-state index contributed by atoms with van der Waals surface area (Å²) >= 11 is 0. The predicted molar refractivity (Wildman–Crippen MR) is 123 cm³/mol. The van der Waals surface area contributed by atoms with E-state index in [2.05, 4.69) is 22.4 Å². The Labute approximate surface area is 191 Å². The fourth-order valence-electron chi connectivity index (χ4n) is 5.45. The molecule has 4 rings (SSSR count). The fourth-order valence-corrected chi connectivity index (χ4v) is 5.45. The minimum atomic E-state index is -0.257.